The predicted octanol–water partition coefficient (Wildman–Crippen LogP) is 2.95. The van der Waals surface area contributed by atoms with E-state index in [1.54, 1.807) is 14.2 Å². The first-order chi connectivity index (χ1) is 9.26. The fraction of sp³-hybridized carbons (Fsp3) is 0.250. The quantitative estimate of drug-likeness (QED) is 0.895. The molecule has 19 heavy (non-hydrogen) atoms. The second-order valence-corrected chi connectivity index (χ2v) is 4.37. The van der Waals surface area contributed by atoms with Crippen molar-refractivity contribution < 1.29 is 9.47 Å². The molecule has 2 aromatic carbocycles. The van der Waals surface area contributed by atoms with E-state index in [1.165, 1.54) is 5.56 Å². The molecular formula is C16H19NO2. The van der Waals surface area contributed by atoms with Crippen molar-refractivity contribution in [1.29, 1.82) is 0 Å². The van der Waals surface area contributed by atoms with E-state index < -0.39 is 0 Å². The zero-order chi connectivity index (χ0) is 13.7. The molecule has 100 valence electrons. The van der Waals surface area contributed by atoms with Gasteiger partial charge in [-0.3, -0.25) is 0 Å². The van der Waals surface area contributed by atoms with Crippen molar-refractivity contribution >= 4 is 0 Å². The number of methoxy groups -OCH3 is 2. The van der Waals surface area contributed by atoms with Gasteiger partial charge in [-0.1, -0.05) is 36.4 Å². The minimum Gasteiger partial charge on any atom is -0.496 e. The van der Waals surface area contributed by atoms with Gasteiger partial charge >= 0.3 is 0 Å². The number of hydrogen-bond acceptors (Lipinski definition) is 3. The Morgan fingerprint density at radius 2 is 1.47 bits per heavy atom. The van der Waals surface area contributed by atoms with E-state index in [9.17, 15) is 0 Å². The van der Waals surface area contributed by atoms with Gasteiger partial charge in [-0.15, -0.1) is 0 Å². The first-order valence-electron chi connectivity index (χ1n) is 6.26. The maximum absolute atomic E-state index is 6.32. The molecule has 0 aromatic heterocycles. The van der Waals surface area contributed by atoms with Crippen LogP contribution in [-0.4, -0.2) is 14.2 Å². The van der Waals surface area contributed by atoms with Crippen molar-refractivity contribution in [2.24, 2.45) is 5.73 Å². The highest BCUT2D eigenvalue weighted by Gasteiger charge is 2.17. The largest absolute Gasteiger partial charge is 0.496 e. The van der Waals surface area contributed by atoms with Gasteiger partial charge in [0.2, 0.25) is 0 Å². The van der Waals surface area contributed by atoms with Crippen molar-refractivity contribution in [3.05, 3.63) is 59.7 Å². The topological polar surface area (TPSA) is 44.5 Å². The molecule has 0 saturated carbocycles. The summed E-state index contributed by atoms with van der Waals surface area (Å²) in [6.07, 6.45) is 0.748. The molecule has 0 saturated heterocycles. The average Bonchev–Trinajstić information content (AvgIpc) is 2.47. The Balaban J connectivity index is 2.30. The minimum absolute atomic E-state index is 0.159. The smallest absolute Gasteiger partial charge is 0.127 e. The Labute approximate surface area is 114 Å². The number of benzene rings is 2. The van der Waals surface area contributed by atoms with E-state index in [2.05, 4.69) is 12.1 Å². The normalized spacial score (nSPS) is 11.9. The van der Waals surface area contributed by atoms with Crippen molar-refractivity contribution in [3.63, 3.8) is 0 Å². The molecule has 0 aliphatic rings. The van der Waals surface area contributed by atoms with E-state index in [0.717, 1.165) is 23.5 Å². The molecule has 3 heteroatoms. The number of hydrogen-bond donors (Lipinski definition) is 1. The van der Waals surface area contributed by atoms with Crippen LogP contribution in [0.5, 0.6) is 11.5 Å². The van der Waals surface area contributed by atoms with Gasteiger partial charge in [-0.2, -0.15) is 0 Å². The molecule has 0 bridgehead atoms. The Bertz CT molecular complexity index is 503. The number of rotatable bonds is 5. The molecule has 3 nitrogen and oxygen atoms in total. The fourth-order valence-electron chi connectivity index (χ4n) is 2.22. The molecule has 0 amide bonds. The average molecular weight is 257 g/mol. The molecule has 0 heterocycles. The van der Waals surface area contributed by atoms with Gasteiger partial charge in [0.25, 0.3) is 0 Å². The minimum atomic E-state index is -0.159. The summed E-state index contributed by atoms with van der Waals surface area (Å²) >= 11 is 0. The van der Waals surface area contributed by atoms with Gasteiger partial charge in [-0.25, -0.2) is 0 Å². The molecule has 2 rings (SSSR count). The van der Waals surface area contributed by atoms with Crippen LogP contribution in [0.2, 0.25) is 0 Å². The Kier molecular flexibility index (Phi) is 4.42. The third-order valence-electron chi connectivity index (χ3n) is 3.14. The van der Waals surface area contributed by atoms with Crippen LogP contribution in [0.4, 0.5) is 0 Å². The fourth-order valence-corrected chi connectivity index (χ4v) is 2.22. The van der Waals surface area contributed by atoms with Gasteiger partial charge in [0.1, 0.15) is 11.5 Å². The Morgan fingerprint density at radius 3 is 2.00 bits per heavy atom. The SMILES string of the molecule is COc1cccc(OC)c1C(N)Cc1ccccc1. The summed E-state index contributed by atoms with van der Waals surface area (Å²) in [5.74, 6) is 1.53. The summed E-state index contributed by atoms with van der Waals surface area (Å²) in [4.78, 5) is 0. The van der Waals surface area contributed by atoms with Crippen LogP contribution >= 0.6 is 0 Å². The van der Waals surface area contributed by atoms with Crippen LogP contribution in [0.15, 0.2) is 48.5 Å². The molecule has 0 radical (unpaired) electrons. The first-order valence-corrected chi connectivity index (χ1v) is 6.26. The highest BCUT2D eigenvalue weighted by Crippen LogP contribution is 2.34. The zero-order valence-electron chi connectivity index (χ0n) is 11.3. The Hall–Kier alpha value is -2.00. The molecule has 0 aliphatic heterocycles. The summed E-state index contributed by atoms with van der Waals surface area (Å²) < 4.78 is 10.8. The monoisotopic (exact) mass is 257 g/mol. The van der Waals surface area contributed by atoms with Crippen molar-refractivity contribution in [2.75, 3.05) is 14.2 Å². The lowest BCUT2D eigenvalue weighted by Crippen LogP contribution is -2.15. The maximum Gasteiger partial charge on any atom is 0.127 e. The van der Waals surface area contributed by atoms with E-state index in [0.29, 0.717) is 0 Å². The van der Waals surface area contributed by atoms with Crippen molar-refractivity contribution in [1.82, 2.24) is 0 Å². The van der Waals surface area contributed by atoms with Gasteiger partial charge in [-0.05, 0) is 24.1 Å². The molecule has 0 spiro atoms. The second-order valence-electron chi connectivity index (χ2n) is 4.37. The summed E-state index contributed by atoms with van der Waals surface area (Å²) in [7, 11) is 3.29. The molecule has 0 fully saturated rings. The van der Waals surface area contributed by atoms with E-state index in [1.807, 2.05) is 36.4 Å². The van der Waals surface area contributed by atoms with Crippen LogP contribution in [0, 0.1) is 0 Å². The number of nitrogens with two attached hydrogens (primary N) is 1. The van der Waals surface area contributed by atoms with Crippen LogP contribution in [0.25, 0.3) is 0 Å². The predicted molar refractivity (Wildman–Crippen MR) is 76.6 cm³/mol. The molecule has 2 aromatic rings. The lowest BCUT2D eigenvalue weighted by Gasteiger charge is -2.19. The molecule has 1 atom stereocenters. The van der Waals surface area contributed by atoms with Gasteiger partial charge in [0.05, 0.1) is 19.8 Å². The Morgan fingerprint density at radius 1 is 0.895 bits per heavy atom. The molecule has 1 unspecified atom stereocenters. The van der Waals surface area contributed by atoms with Gasteiger partial charge in [0.15, 0.2) is 0 Å². The number of ether oxygens (including phenoxy) is 2. The van der Waals surface area contributed by atoms with Crippen LogP contribution < -0.4 is 15.2 Å². The molecular weight excluding hydrogens is 238 g/mol. The van der Waals surface area contributed by atoms with Gasteiger partial charge in [0, 0.05) is 6.04 Å². The summed E-state index contributed by atoms with van der Waals surface area (Å²) in [6, 6.07) is 15.7. The van der Waals surface area contributed by atoms with Crippen molar-refractivity contribution in [3.8, 4) is 11.5 Å². The van der Waals surface area contributed by atoms with E-state index in [-0.39, 0.29) is 6.04 Å². The first kappa shape index (κ1) is 13.4. The lowest BCUT2D eigenvalue weighted by molar-refractivity contribution is 0.379. The van der Waals surface area contributed by atoms with E-state index in [4.69, 9.17) is 15.2 Å². The van der Waals surface area contributed by atoms with Gasteiger partial charge < -0.3 is 15.2 Å². The van der Waals surface area contributed by atoms with Crippen LogP contribution in [-0.2, 0) is 6.42 Å². The highest BCUT2D eigenvalue weighted by atomic mass is 16.5. The second kappa shape index (κ2) is 6.25. The summed E-state index contributed by atoms with van der Waals surface area (Å²) in [5, 5.41) is 0. The zero-order valence-corrected chi connectivity index (χ0v) is 11.3. The van der Waals surface area contributed by atoms with E-state index >= 15 is 0 Å². The molecule has 2 N–H and O–H groups in total. The standard InChI is InChI=1S/C16H19NO2/c1-18-14-9-6-10-15(19-2)16(14)13(17)11-12-7-4-3-5-8-12/h3-10,13H,11,17H2,1-2H3. The van der Waals surface area contributed by atoms with Crippen LogP contribution in [0.3, 0.4) is 0 Å². The summed E-state index contributed by atoms with van der Waals surface area (Å²) in [5.41, 5.74) is 8.43. The maximum atomic E-state index is 6.32. The lowest BCUT2D eigenvalue weighted by atomic mass is 9.98. The third-order valence-corrected chi connectivity index (χ3v) is 3.14. The summed E-state index contributed by atoms with van der Waals surface area (Å²) in [6.45, 7) is 0. The highest BCUT2D eigenvalue weighted by molar-refractivity contribution is 5.47. The van der Waals surface area contributed by atoms with Crippen LogP contribution in [0.1, 0.15) is 17.2 Å². The molecule has 0 aliphatic carbocycles. The van der Waals surface area contributed by atoms with Crippen molar-refractivity contribution in [2.45, 2.75) is 12.5 Å². The third kappa shape index (κ3) is 3.06.